The average molecular weight is 371 g/mol. The molecule has 0 fully saturated rings. The van der Waals surface area contributed by atoms with E-state index in [1.165, 1.54) is 11.3 Å². The Hall–Kier alpha value is -3.11. The molecule has 0 saturated heterocycles. The maximum absolute atomic E-state index is 13.3. The molecule has 1 aliphatic heterocycles. The SMILES string of the molecule is O=C1c2c(-c3ccc4ccccc4c3O)csc2NCC1c1ccccc1. The predicted octanol–water partition coefficient (Wildman–Crippen LogP) is 5.67. The largest absolute Gasteiger partial charge is 0.507 e. The Morgan fingerprint density at radius 1 is 0.926 bits per heavy atom. The molecule has 2 heterocycles. The molecule has 27 heavy (non-hydrogen) atoms. The fourth-order valence-electron chi connectivity index (χ4n) is 3.82. The summed E-state index contributed by atoms with van der Waals surface area (Å²) in [5.41, 5.74) is 3.21. The van der Waals surface area contributed by atoms with Crippen molar-refractivity contribution < 1.29 is 9.90 Å². The number of nitrogens with one attached hydrogen (secondary N) is 1. The lowest BCUT2D eigenvalue weighted by Crippen LogP contribution is -2.27. The van der Waals surface area contributed by atoms with Crippen LogP contribution >= 0.6 is 11.3 Å². The van der Waals surface area contributed by atoms with E-state index in [1.54, 1.807) is 0 Å². The van der Waals surface area contributed by atoms with Crippen molar-refractivity contribution in [1.29, 1.82) is 0 Å². The lowest BCUT2D eigenvalue weighted by molar-refractivity contribution is 0.0961. The number of ketones is 1. The molecule has 0 amide bonds. The number of anilines is 1. The normalized spacial score (nSPS) is 16.1. The van der Waals surface area contributed by atoms with Crippen LogP contribution in [0.1, 0.15) is 21.8 Å². The van der Waals surface area contributed by atoms with E-state index in [9.17, 15) is 9.90 Å². The van der Waals surface area contributed by atoms with E-state index in [2.05, 4.69) is 5.32 Å². The van der Waals surface area contributed by atoms with Gasteiger partial charge in [0.1, 0.15) is 5.75 Å². The fraction of sp³-hybridized carbons (Fsp3) is 0.0870. The van der Waals surface area contributed by atoms with Gasteiger partial charge in [0.2, 0.25) is 0 Å². The summed E-state index contributed by atoms with van der Waals surface area (Å²) in [5.74, 6) is 0.122. The summed E-state index contributed by atoms with van der Waals surface area (Å²) in [5, 5.41) is 18.9. The summed E-state index contributed by atoms with van der Waals surface area (Å²) in [6, 6.07) is 21.5. The summed E-state index contributed by atoms with van der Waals surface area (Å²) in [6.07, 6.45) is 0. The van der Waals surface area contributed by atoms with Crippen molar-refractivity contribution in [3.05, 3.63) is 83.2 Å². The maximum Gasteiger partial charge on any atom is 0.175 e. The van der Waals surface area contributed by atoms with Crippen molar-refractivity contribution >= 4 is 32.9 Å². The number of carbonyl (C=O) groups is 1. The Balaban J connectivity index is 1.65. The van der Waals surface area contributed by atoms with E-state index in [4.69, 9.17) is 0 Å². The van der Waals surface area contributed by atoms with E-state index < -0.39 is 0 Å². The van der Waals surface area contributed by atoms with Crippen molar-refractivity contribution in [1.82, 2.24) is 0 Å². The number of rotatable bonds is 2. The molecule has 0 aliphatic carbocycles. The molecular formula is C23H17NO2S. The zero-order valence-corrected chi connectivity index (χ0v) is 15.3. The van der Waals surface area contributed by atoms with Crippen molar-refractivity contribution in [3.63, 3.8) is 0 Å². The van der Waals surface area contributed by atoms with E-state index in [-0.39, 0.29) is 17.5 Å². The van der Waals surface area contributed by atoms with Crippen LogP contribution in [0.25, 0.3) is 21.9 Å². The lowest BCUT2D eigenvalue weighted by Gasteiger charge is -2.24. The van der Waals surface area contributed by atoms with Gasteiger partial charge in [0.25, 0.3) is 0 Å². The molecule has 4 heteroatoms. The number of carbonyl (C=O) groups excluding carboxylic acids is 1. The second-order valence-electron chi connectivity index (χ2n) is 6.74. The highest BCUT2D eigenvalue weighted by Gasteiger charge is 2.33. The van der Waals surface area contributed by atoms with E-state index in [0.717, 1.165) is 26.9 Å². The highest BCUT2D eigenvalue weighted by atomic mass is 32.1. The smallest absolute Gasteiger partial charge is 0.175 e. The molecule has 1 atom stereocenters. The minimum Gasteiger partial charge on any atom is -0.507 e. The molecule has 0 spiro atoms. The molecule has 3 nitrogen and oxygen atoms in total. The minimum absolute atomic E-state index is 0.110. The third-order valence-electron chi connectivity index (χ3n) is 5.21. The van der Waals surface area contributed by atoms with Gasteiger partial charge in [-0.25, -0.2) is 0 Å². The van der Waals surface area contributed by atoms with Crippen LogP contribution in [0.15, 0.2) is 72.1 Å². The first-order valence-electron chi connectivity index (χ1n) is 8.89. The van der Waals surface area contributed by atoms with Gasteiger partial charge in [-0.1, -0.05) is 60.7 Å². The summed E-state index contributed by atoms with van der Waals surface area (Å²) < 4.78 is 0. The number of phenols is 1. The predicted molar refractivity (Wildman–Crippen MR) is 111 cm³/mol. The number of phenolic OH excluding ortho intramolecular Hbond substituents is 1. The number of hydrogen-bond donors (Lipinski definition) is 2. The second-order valence-corrected chi connectivity index (χ2v) is 7.62. The van der Waals surface area contributed by atoms with Crippen LogP contribution in [0.2, 0.25) is 0 Å². The van der Waals surface area contributed by atoms with E-state index in [1.807, 2.05) is 72.1 Å². The molecule has 0 radical (unpaired) electrons. The third kappa shape index (κ3) is 2.53. The standard InChI is InChI=1S/C23H17NO2S/c25-21-16-9-5-4-8-15(16)10-11-17(21)19-13-27-23-20(19)22(26)18(12-24-23)14-6-2-1-3-7-14/h1-11,13,18,24-25H,12H2. The van der Waals surface area contributed by atoms with E-state index in [0.29, 0.717) is 17.7 Å². The second kappa shape index (κ2) is 6.25. The van der Waals surface area contributed by atoms with Gasteiger partial charge in [0.15, 0.2) is 5.78 Å². The molecule has 1 aromatic heterocycles. The van der Waals surface area contributed by atoms with Gasteiger partial charge in [-0.2, -0.15) is 0 Å². The highest BCUT2D eigenvalue weighted by molar-refractivity contribution is 7.15. The van der Waals surface area contributed by atoms with Gasteiger partial charge >= 0.3 is 0 Å². The Morgan fingerprint density at radius 3 is 2.56 bits per heavy atom. The molecule has 4 aromatic rings. The van der Waals surface area contributed by atoms with E-state index >= 15 is 0 Å². The topological polar surface area (TPSA) is 49.3 Å². The zero-order chi connectivity index (χ0) is 18.4. The molecule has 1 unspecified atom stereocenters. The first-order valence-corrected chi connectivity index (χ1v) is 9.77. The summed E-state index contributed by atoms with van der Waals surface area (Å²) in [4.78, 5) is 13.3. The number of Topliss-reactive ketones (excluding diaryl/α,β-unsaturated/α-hetero) is 1. The Bertz CT molecular complexity index is 1160. The number of benzene rings is 3. The van der Waals surface area contributed by atoms with Crippen molar-refractivity contribution in [2.45, 2.75) is 5.92 Å². The quantitative estimate of drug-likeness (QED) is 0.477. The molecule has 5 rings (SSSR count). The van der Waals surface area contributed by atoms with Crippen molar-refractivity contribution in [2.24, 2.45) is 0 Å². The Morgan fingerprint density at radius 2 is 1.70 bits per heavy atom. The van der Waals surface area contributed by atoms with Gasteiger partial charge in [-0.15, -0.1) is 11.3 Å². The monoisotopic (exact) mass is 371 g/mol. The molecule has 0 bridgehead atoms. The van der Waals surface area contributed by atoms with Gasteiger partial charge < -0.3 is 10.4 Å². The minimum atomic E-state index is -0.213. The Kier molecular flexibility index (Phi) is 3.73. The first kappa shape index (κ1) is 16.1. The summed E-state index contributed by atoms with van der Waals surface area (Å²) >= 11 is 1.52. The van der Waals surface area contributed by atoms with Gasteiger partial charge in [-0.3, -0.25) is 4.79 Å². The fourth-order valence-corrected chi connectivity index (χ4v) is 4.80. The molecule has 3 aromatic carbocycles. The van der Waals surface area contributed by atoms with Crippen LogP contribution in [0.5, 0.6) is 5.75 Å². The van der Waals surface area contributed by atoms with Crippen LogP contribution in [-0.4, -0.2) is 17.4 Å². The van der Waals surface area contributed by atoms with Crippen LogP contribution in [0.4, 0.5) is 5.00 Å². The van der Waals surface area contributed by atoms with Crippen LogP contribution in [-0.2, 0) is 0 Å². The molecule has 1 aliphatic rings. The maximum atomic E-state index is 13.3. The number of hydrogen-bond acceptors (Lipinski definition) is 4. The molecule has 132 valence electrons. The van der Waals surface area contributed by atoms with Crippen LogP contribution in [0, 0.1) is 0 Å². The van der Waals surface area contributed by atoms with Crippen molar-refractivity contribution in [3.8, 4) is 16.9 Å². The van der Waals surface area contributed by atoms with Gasteiger partial charge in [-0.05, 0) is 17.0 Å². The molecular weight excluding hydrogens is 354 g/mol. The summed E-state index contributed by atoms with van der Waals surface area (Å²) in [7, 11) is 0. The highest BCUT2D eigenvalue weighted by Crippen LogP contribution is 2.45. The first-order chi connectivity index (χ1) is 13.2. The van der Waals surface area contributed by atoms with Gasteiger partial charge in [0.05, 0.1) is 16.5 Å². The lowest BCUT2D eigenvalue weighted by atomic mass is 9.86. The molecule has 0 saturated carbocycles. The zero-order valence-electron chi connectivity index (χ0n) is 14.5. The van der Waals surface area contributed by atoms with Crippen LogP contribution in [0.3, 0.4) is 0 Å². The summed E-state index contributed by atoms with van der Waals surface area (Å²) in [6.45, 7) is 0.597. The van der Waals surface area contributed by atoms with Crippen LogP contribution < -0.4 is 5.32 Å². The Labute approximate surface area is 160 Å². The average Bonchev–Trinajstić information content (AvgIpc) is 3.14. The van der Waals surface area contributed by atoms with Crippen molar-refractivity contribution in [2.75, 3.05) is 11.9 Å². The third-order valence-corrected chi connectivity index (χ3v) is 6.15. The molecule has 2 N–H and O–H groups in total. The number of aromatic hydroxyl groups is 1. The number of fused-ring (bicyclic) bond motifs is 2. The van der Waals surface area contributed by atoms with Gasteiger partial charge in [0, 0.05) is 28.4 Å². The number of thiophene rings is 1.